The molecule has 1 N–H and O–H groups in total. The zero-order chi connectivity index (χ0) is 18.4. The molecule has 0 aromatic carbocycles. The molecule has 2 amide bonds. The number of amides is 2. The van der Waals surface area contributed by atoms with Gasteiger partial charge in [0.1, 0.15) is 11.9 Å². The predicted molar refractivity (Wildman–Crippen MR) is 99.0 cm³/mol. The maximum absolute atomic E-state index is 12.3. The minimum absolute atomic E-state index is 0.0256. The highest BCUT2D eigenvalue weighted by Crippen LogP contribution is 2.18. The Kier molecular flexibility index (Phi) is 5.81. The van der Waals surface area contributed by atoms with E-state index >= 15 is 0 Å². The van der Waals surface area contributed by atoms with Gasteiger partial charge in [-0.25, -0.2) is 4.98 Å². The van der Waals surface area contributed by atoms with E-state index in [-0.39, 0.29) is 18.2 Å². The first-order valence-corrected chi connectivity index (χ1v) is 9.26. The molecule has 2 aromatic heterocycles. The van der Waals surface area contributed by atoms with E-state index in [0.29, 0.717) is 49.0 Å². The molecule has 0 saturated carbocycles. The average molecular weight is 369 g/mol. The lowest BCUT2D eigenvalue weighted by Gasteiger charge is -2.35. The molecular formula is C18H19N5O2S. The number of piperazine rings is 1. The second kappa shape index (κ2) is 8.45. The molecule has 7 nitrogen and oxygen atoms in total. The fourth-order valence-electron chi connectivity index (χ4n) is 2.84. The van der Waals surface area contributed by atoms with Crippen molar-refractivity contribution in [3.05, 3.63) is 46.3 Å². The molecule has 3 rings (SSSR count). The number of thiophene rings is 1. The zero-order valence-corrected chi connectivity index (χ0v) is 15.0. The average Bonchev–Trinajstić information content (AvgIpc) is 3.23. The first-order chi connectivity index (χ1) is 12.7. The van der Waals surface area contributed by atoms with Crippen LogP contribution in [0.15, 0.2) is 35.8 Å². The van der Waals surface area contributed by atoms with Crippen molar-refractivity contribution in [3.63, 3.8) is 0 Å². The van der Waals surface area contributed by atoms with Crippen molar-refractivity contribution in [1.29, 1.82) is 5.26 Å². The molecule has 0 spiro atoms. The zero-order valence-electron chi connectivity index (χ0n) is 14.2. The standard InChI is InChI=1S/C18H19N5O2S/c19-13-14-3-1-6-20-17(14)23-10-8-22(9-11-23)16(24)5-7-21-18(25)15-4-2-12-26-15/h1-4,6,12H,5,7-11H2,(H,21,25). The van der Waals surface area contributed by atoms with Crippen molar-refractivity contribution in [2.45, 2.75) is 6.42 Å². The summed E-state index contributed by atoms with van der Waals surface area (Å²) in [6, 6.07) is 9.22. The summed E-state index contributed by atoms with van der Waals surface area (Å²) in [5.41, 5.74) is 0.545. The molecule has 3 heterocycles. The highest BCUT2D eigenvalue weighted by atomic mass is 32.1. The van der Waals surface area contributed by atoms with Crippen molar-refractivity contribution in [2.24, 2.45) is 0 Å². The number of nitrogens with one attached hydrogen (secondary N) is 1. The highest BCUT2D eigenvalue weighted by Gasteiger charge is 2.23. The van der Waals surface area contributed by atoms with Crippen LogP contribution in [0.3, 0.4) is 0 Å². The molecule has 134 valence electrons. The quantitative estimate of drug-likeness (QED) is 0.862. The summed E-state index contributed by atoms with van der Waals surface area (Å²) in [5.74, 6) is 0.555. The first-order valence-electron chi connectivity index (χ1n) is 8.38. The number of hydrogen-bond donors (Lipinski definition) is 1. The summed E-state index contributed by atoms with van der Waals surface area (Å²) in [5, 5.41) is 13.8. The predicted octanol–water partition coefficient (Wildman–Crippen LogP) is 1.48. The van der Waals surface area contributed by atoms with Gasteiger partial charge in [-0.1, -0.05) is 6.07 Å². The van der Waals surface area contributed by atoms with Gasteiger partial charge in [-0.05, 0) is 23.6 Å². The number of hydrogen-bond acceptors (Lipinski definition) is 6. The number of rotatable bonds is 5. The fourth-order valence-corrected chi connectivity index (χ4v) is 3.48. The number of anilines is 1. The number of carbonyl (C=O) groups excluding carboxylic acids is 2. The van der Waals surface area contributed by atoms with Crippen LogP contribution in [0, 0.1) is 11.3 Å². The number of nitrogens with zero attached hydrogens (tertiary/aromatic N) is 4. The molecule has 0 atom stereocenters. The van der Waals surface area contributed by atoms with Gasteiger partial charge < -0.3 is 15.1 Å². The molecule has 26 heavy (non-hydrogen) atoms. The van der Waals surface area contributed by atoms with Gasteiger partial charge in [0.2, 0.25) is 5.91 Å². The van der Waals surface area contributed by atoms with Crippen molar-refractivity contribution in [2.75, 3.05) is 37.6 Å². The Labute approximate surface area is 155 Å². The molecule has 0 radical (unpaired) electrons. The van der Waals surface area contributed by atoms with Gasteiger partial charge in [0.25, 0.3) is 5.91 Å². The number of aromatic nitrogens is 1. The van der Waals surface area contributed by atoms with Crippen molar-refractivity contribution >= 4 is 29.0 Å². The summed E-state index contributed by atoms with van der Waals surface area (Å²) >= 11 is 1.38. The topological polar surface area (TPSA) is 89.3 Å². The summed E-state index contributed by atoms with van der Waals surface area (Å²) in [6.07, 6.45) is 1.95. The minimum atomic E-state index is -0.142. The molecule has 1 saturated heterocycles. The van der Waals surface area contributed by atoms with Crippen LogP contribution in [0.5, 0.6) is 0 Å². The van der Waals surface area contributed by atoms with Gasteiger partial charge in [0.05, 0.1) is 10.4 Å². The number of nitriles is 1. The molecule has 8 heteroatoms. The highest BCUT2D eigenvalue weighted by molar-refractivity contribution is 7.12. The molecule has 0 unspecified atom stereocenters. The van der Waals surface area contributed by atoms with E-state index in [1.807, 2.05) is 16.3 Å². The fraction of sp³-hybridized carbons (Fsp3) is 0.333. The van der Waals surface area contributed by atoms with Crippen LogP contribution >= 0.6 is 11.3 Å². The minimum Gasteiger partial charge on any atom is -0.352 e. The molecule has 2 aromatic rings. The Morgan fingerprint density at radius 1 is 1.23 bits per heavy atom. The maximum atomic E-state index is 12.3. The second-order valence-electron chi connectivity index (χ2n) is 5.84. The van der Waals surface area contributed by atoms with Crippen LogP contribution < -0.4 is 10.2 Å². The second-order valence-corrected chi connectivity index (χ2v) is 6.79. The van der Waals surface area contributed by atoms with Gasteiger partial charge in [0.15, 0.2) is 0 Å². The van der Waals surface area contributed by atoms with Gasteiger partial charge in [0, 0.05) is 45.3 Å². The Morgan fingerprint density at radius 2 is 2.04 bits per heavy atom. The van der Waals surface area contributed by atoms with Crippen LogP contribution in [0.1, 0.15) is 21.7 Å². The Balaban J connectivity index is 1.45. The lowest BCUT2D eigenvalue weighted by molar-refractivity contribution is -0.131. The third-order valence-electron chi connectivity index (χ3n) is 4.21. The van der Waals surface area contributed by atoms with Crippen LogP contribution in [-0.2, 0) is 4.79 Å². The lowest BCUT2D eigenvalue weighted by Crippen LogP contribution is -2.49. The number of carbonyl (C=O) groups is 2. The van der Waals surface area contributed by atoms with E-state index < -0.39 is 0 Å². The van der Waals surface area contributed by atoms with E-state index in [0.717, 1.165) is 0 Å². The Bertz CT molecular complexity index is 807. The summed E-state index contributed by atoms with van der Waals surface area (Å²) in [4.78, 5) is 32.9. The lowest BCUT2D eigenvalue weighted by atomic mass is 10.2. The van der Waals surface area contributed by atoms with Crippen LogP contribution in [0.2, 0.25) is 0 Å². The SMILES string of the molecule is N#Cc1cccnc1N1CCN(C(=O)CCNC(=O)c2cccs2)CC1. The van der Waals surface area contributed by atoms with Crippen molar-refractivity contribution < 1.29 is 9.59 Å². The van der Waals surface area contributed by atoms with E-state index in [4.69, 9.17) is 0 Å². The largest absolute Gasteiger partial charge is 0.352 e. The molecule has 1 fully saturated rings. The summed E-state index contributed by atoms with van der Waals surface area (Å²) in [7, 11) is 0. The number of pyridine rings is 1. The summed E-state index contributed by atoms with van der Waals surface area (Å²) < 4.78 is 0. The van der Waals surface area contributed by atoms with Gasteiger partial charge in [-0.2, -0.15) is 5.26 Å². The molecule has 1 aliphatic heterocycles. The van der Waals surface area contributed by atoms with E-state index in [2.05, 4.69) is 16.4 Å². The Morgan fingerprint density at radius 3 is 2.73 bits per heavy atom. The Hall–Kier alpha value is -2.92. The third kappa shape index (κ3) is 4.18. The van der Waals surface area contributed by atoms with Crippen LogP contribution in [0.4, 0.5) is 5.82 Å². The monoisotopic (exact) mass is 369 g/mol. The van der Waals surface area contributed by atoms with Gasteiger partial charge >= 0.3 is 0 Å². The molecular weight excluding hydrogens is 350 g/mol. The third-order valence-corrected chi connectivity index (χ3v) is 5.08. The normalized spacial score (nSPS) is 14.0. The first kappa shape index (κ1) is 17.9. The summed E-state index contributed by atoms with van der Waals surface area (Å²) in [6.45, 7) is 2.77. The van der Waals surface area contributed by atoms with E-state index in [1.165, 1.54) is 11.3 Å². The van der Waals surface area contributed by atoms with Crippen molar-refractivity contribution in [1.82, 2.24) is 15.2 Å². The molecule has 0 bridgehead atoms. The van der Waals surface area contributed by atoms with Gasteiger partial charge in [-0.3, -0.25) is 9.59 Å². The molecule has 1 aliphatic rings. The van der Waals surface area contributed by atoms with Gasteiger partial charge in [-0.15, -0.1) is 11.3 Å². The van der Waals surface area contributed by atoms with Crippen molar-refractivity contribution in [3.8, 4) is 6.07 Å². The van der Waals surface area contributed by atoms with Crippen LogP contribution in [-0.4, -0.2) is 54.4 Å². The molecule has 0 aliphatic carbocycles. The maximum Gasteiger partial charge on any atom is 0.261 e. The van der Waals surface area contributed by atoms with Crippen LogP contribution in [0.25, 0.3) is 0 Å². The van der Waals surface area contributed by atoms with E-state index in [1.54, 1.807) is 29.3 Å². The van der Waals surface area contributed by atoms with E-state index in [9.17, 15) is 14.9 Å². The smallest absolute Gasteiger partial charge is 0.261 e.